The number of aromatic nitrogens is 3. The molecule has 1 fully saturated rings. The number of amides is 1. The molecular weight excluding hydrogens is 242 g/mol. The topological polar surface area (TPSA) is 83.6 Å². The van der Waals surface area contributed by atoms with Crippen LogP contribution in [-0.2, 0) is 11.3 Å². The van der Waals surface area contributed by atoms with Gasteiger partial charge in [0.2, 0.25) is 5.91 Å². The van der Waals surface area contributed by atoms with Crippen molar-refractivity contribution in [2.75, 3.05) is 0 Å². The van der Waals surface area contributed by atoms with E-state index in [-0.39, 0.29) is 12.5 Å². The Morgan fingerprint density at radius 1 is 1.47 bits per heavy atom. The van der Waals surface area contributed by atoms with Gasteiger partial charge in [0.15, 0.2) is 0 Å². The molecule has 0 aliphatic heterocycles. The Bertz CT molecular complexity index is 665. The Kier molecular flexibility index (Phi) is 2.67. The van der Waals surface area contributed by atoms with Gasteiger partial charge in [-0.2, -0.15) is 5.26 Å². The van der Waals surface area contributed by atoms with Crippen LogP contribution in [-0.4, -0.2) is 26.4 Å². The number of nitrogens with one attached hydrogen (secondary N) is 1. The summed E-state index contributed by atoms with van der Waals surface area (Å²) in [7, 11) is 0. The van der Waals surface area contributed by atoms with Crippen LogP contribution in [0.2, 0.25) is 0 Å². The Balaban J connectivity index is 1.75. The molecular formula is C13H13N5O. The highest BCUT2D eigenvalue weighted by Gasteiger charge is 2.38. The maximum Gasteiger partial charge on any atom is 0.243 e. The van der Waals surface area contributed by atoms with Gasteiger partial charge in [-0.1, -0.05) is 17.3 Å². The molecule has 1 amide bonds. The lowest BCUT2D eigenvalue weighted by atomic mass is 9.78. The first-order valence-corrected chi connectivity index (χ1v) is 6.23. The van der Waals surface area contributed by atoms with Gasteiger partial charge >= 0.3 is 0 Å². The standard InChI is InChI=1S/C13H13N5O/c14-9-13(6-3-7-13)15-12(19)8-18-11-5-2-1-4-10(11)16-17-18/h1-2,4-5H,3,6-8H2,(H,15,19). The Labute approximate surface area is 110 Å². The van der Waals surface area contributed by atoms with Gasteiger partial charge in [-0.15, -0.1) is 5.10 Å². The van der Waals surface area contributed by atoms with Crippen molar-refractivity contribution in [1.82, 2.24) is 20.3 Å². The monoisotopic (exact) mass is 255 g/mol. The van der Waals surface area contributed by atoms with Crippen LogP contribution in [0.15, 0.2) is 24.3 Å². The number of fused-ring (bicyclic) bond motifs is 1. The minimum atomic E-state index is -0.659. The number of carbonyl (C=O) groups is 1. The molecule has 1 N–H and O–H groups in total. The molecule has 0 bridgehead atoms. The summed E-state index contributed by atoms with van der Waals surface area (Å²) in [6, 6.07) is 9.65. The van der Waals surface area contributed by atoms with Crippen LogP contribution in [0.4, 0.5) is 0 Å². The summed E-state index contributed by atoms with van der Waals surface area (Å²) in [6.45, 7) is 0.0872. The normalized spacial score (nSPS) is 16.6. The van der Waals surface area contributed by atoms with Gasteiger partial charge in [0.25, 0.3) is 0 Å². The quantitative estimate of drug-likeness (QED) is 0.886. The van der Waals surface area contributed by atoms with E-state index in [0.29, 0.717) is 0 Å². The lowest BCUT2D eigenvalue weighted by molar-refractivity contribution is -0.124. The molecule has 1 aliphatic rings. The second kappa shape index (κ2) is 4.35. The van der Waals surface area contributed by atoms with Crippen molar-refractivity contribution >= 4 is 16.9 Å². The SMILES string of the molecule is N#CC1(NC(=O)Cn2nnc3ccccc32)CCC1. The van der Waals surface area contributed by atoms with E-state index in [4.69, 9.17) is 5.26 Å². The molecule has 0 unspecified atom stereocenters. The predicted octanol–water partition coefficient (Wildman–Crippen LogP) is 0.994. The molecule has 6 nitrogen and oxygen atoms in total. The Morgan fingerprint density at radius 3 is 2.95 bits per heavy atom. The second-order valence-electron chi connectivity index (χ2n) is 4.83. The van der Waals surface area contributed by atoms with Crippen molar-refractivity contribution in [3.05, 3.63) is 24.3 Å². The van der Waals surface area contributed by atoms with Gasteiger partial charge in [-0.3, -0.25) is 4.79 Å². The van der Waals surface area contributed by atoms with E-state index in [1.807, 2.05) is 24.3 Å². The van der Waals surface area contributed by atoms with E-state index in [1.54, 1.807) is 4.68 Å². The van der Waals surface area contributed by atoms with Gasteiger partial charge in [-0.25, -0.2) is 4.68 Å². The highest BCUT2D eigenvalue weighted by molar-refractivity contribution is 5.80. The number of hydrogen-bond acceptors (Lipinski definition) is 4. The number of hydrogen-bond donors (Lipinski definition) is 1. The fourth-order valence-corrected chi connectivity index (χ4v) is 2.27. The minimum absolute atomic E-state index is 0.0872. The van der Waals surface area contributed by atoms with Gasteiger partial charge in [0.05, 0.1) is 11.6 Å². The average molecular weight is 255 g/mol. The highest BCUT2D eigenvalue weighted by Crippen LogP contribution is 2.30. The number of nitrogens with zero attached hydrogens (tertiary/aromatic N) is 4. The lowest BCUT2D eigenvalue weighted by Crippen LogP contribution is -2.53. The van der Waals surface area contributed by atoms with Crippen LogP contribution in [0.3, 0.4) is 0 Å². The zero-order valence-corrected chi connectivity index (χ0v) is 10.3. The molecule has 0 atom stereocenters. The average Bonchev–Trinajstić information content (AvgIpc) is 2.78. The van der Waals surface area contributed by atoms with Gasteiger partial charge in [0, 0.05) is 0 Å². The molecule has 0 spiro atoms. The summed E-state index contributed by atoms with van der Waals surface area (Å²) < 4.78 is 1.55. The highest BCUT2D eigenvalue weighted by atomic mass is 16.2. The molecule has 1 aromatic heterocycles. The largest absolute Gasteiger partial charge is 0.336 e. The smallest absolute Gasteiger partial charge is 0.243 e. The zero-order chi connectivity index (χ0) is 13.3. The first-order valence-electron chi connectivity index (χ1n) is 6.23. The molecule has 0 radical (unpaired) electrons. The third-order valence-corrected chi connectivity index (χ3v) is 3.51. The number of nitriles is 1. The first kappa shape index (κ1) is 11.7. The summed E-state index contributed by atoms with van der Waals surface area (Å²) in [6.07, 6.45) is 2.45. The fraction of sp³-hybridized carbons (Fsp3) is 0.385. The van der Waals surface area contributed by atoms with E-state index in [2.05, 4.69) is 21.7 Å². The molecule has 3 rings (SSSR count). The van der Waals surface area contributed by atoms with E-state index >= 15 is 0 Å². The maximum absolute atomic E-state index is 12.0. The number of rotatable bonds is 3. The third kappa shape index (κ3) is 2.03. The van der Waals surface area contributed by atoms with Crippen molar-refractivity contribution in [2.24, 2.45) is 0 Å². The van der Waals surface area contributed by atoms with Gasteiger partial charge in [-0.05, 0) is 31.4 Å². The molecule has 96 valence electrons. The molecule has 1 aromatic carbocycles. The fourth-order valence-electron chi connectivity index (χ4n) is 2.27. The van der Waals surface area contributed by atoms with E-state index in [0.717, 1.165) is 30.3 Å². The number of carbonyl (C=O) groups excluding carboxylic acids is 1. The first-order chi connectivity index (χ1) is 9.22. The van der Waals surface area contributed by atoms with Crippen LogP contribution in [0, 0.1) is 11.3 Å². The Hall–Kier alpha value is -2.42. The van der Waals surface area contributed by atoms with Crippen molar-refractivity contribution in [1.29, 1.82) is 5.26 Å². The zero-order valence-electron chi connectivity index (χ0n) is 10.3. The van der Waals surface area contributed by atoms with Crippen LogP contribution < -0.4 is 5.32 Å². The summed E-state index contributed by atoms with van der Waals surface area (Å²) in [5, 5.41) is 19.8. The second-order valence-corrected chi connectivity index (χ2v) is 4.83. The van der Waals surface area contributed by atoms with Gasteiger partial charge < -0.3 is 5.32 Å². The summed E-state index contributed by atoms with van der Waals surface area (Å²) >= 11 is 0. The van der Waals surface area contributed by atoms with Crippen molar-refractivity contribution in [3.8, 4) is 6.07 Å². The molecule has 1 aliphatic carbocycles. The predicted molar refractivity (Wildman–Crippen MR) is 67.9 cm³/mol. The number of para-hydroxylation sites is 1. The molecule has 1 saturated carbocycles. The molecule has 2 aromatic rings. The molecule has 6 heteroatoms. The minimum Gasteiger partial charge on any atom is -0.336 e. The van der Waals surface area contributed by atoms with Gasteiger partial charge in [0.1, 0.15) is 17.6 Å². The molecule has 19 heavy (non-hydrogen) atoms. The maximum atomic E-state index is 12.0. The van der Waals surface area contributed by atoms with Crippen LogP contribution in [0.5, 0.6) is 0 Å². The van der Waals surface area contributed by atoms with E-state index in [1.165, 1.54) is 0 Å². The summed E-state index contributed by atoms with van der Waals surface area (Å²) in [5.41, 5.74) is 0.916. The van der Waals surface area contributed by atoms with Crippen LogP contribution in [0.25, 0.3) is 11.0 Å². The van der Waals surface area contributed by atoms with Crippen molar-refractivity contribution in [2.45, 2.75) is 31.3 Å². The van der Waals surface area contributed by atoms with Crippen molar-refractivity contribution in [3.63, 3.8) is 0 Å². The summed E-state index contributed by atoms with van der Waals surface area (Å²) in [5.74, 6) is -0.197. The lowest BCUT2D eigenvalue weighted by Gasteiger charge is -2.35. The van der Waals surface area contributed by atoms with Crippen LogP contribution in [0.1, 0.15) is 19.3 Å². The van der Waals surface area contributed by atoms with Crippen LogP contribution >= 0.6 is 0 Å². The number of benzene rings is 1. The third-order valence-electron chi connectivity index (χ3n) is 3.51. The van der Waals surface area contributed by atoms with E-state index < -0.39 is 5.54 Å². The van der Waals surface area contributed by atoms with Crippen molar-refractivity contribution < 1.29 is 4.79 Å². The van der Waals surface area contributed by atoms with E-state index in [9.17, 15) is 4.79 Å². The molecule has 1 heterocycles. The Morgan fingerprint density at radius 2 is 2.26 bits per heavy atom. The molecule has 0 saturated heterocycles. The summed E-state index contributed by atoms with van der Waals surface area (Å²) in [4.78, 5) is 12.0.